The van der Waals surface area contributed by atoms with E-state index in [9.17, 15) is 9.59 Å². The van der Waals surface area contributed by atoms with E-state index in [0.29, 0.717) is 12.8 Å². The molecule has 1 aliphatic heterocycles. The molecule has 3 unspecified atom stereocenters. The van der Waals surface area contributed by atoms with E-state index in [0.717, 1.165) is 18.4 Å². The van der Waals surface area contributed by atoms with Crippen LogP contribution in [0.25, 0.3) is 0 Å². The van der Waals surface area contributed by atoms with E-state index in [2.05, 4.69) is 5.32 Å². The highest BCUT2D eigenvalue weighted by molar-refractivity contribution is 5.81. The Balaban J connectivity index is 1.94. The van der Waals surface area contributed by atoms with Gasteiger partial charge in [0.2, 0.25) is 5.91 Å². The lowest BCUT2D eigenvalue weighted by atomic mass is 10.0. The van der Waals surface area contributed by atoms with Crippen molar-refractivity contribution in [2.45, 2.75) is 57.3 Å². The summed E-state index contributed by atoms with van der Waals surface area (Å²) in [6, 6.07) is 9.58. The van der Waals surface area contributed by atoms with Crippen LogP contribution in [0.15, 0.2) is 30.3 Å². The predicted octanol–water partition coefficient (Wildman–Crippen LogP) is 2.15. The van der Waals surface area contributed by atoms with Crippen molar-refractivity contribution < 1.29 is 19.4 Å². The second-order valence-electron chi connectivity index (χ2n) is 5.84. The van der Waals surface area contributed by atoms with Gasteiger partial charge in [-0.2, -0.15) is 0 Å². The first kappa shape index (κ1) is 16.5. The summed E-state index contributed by atoms with van der Waals surface area (Å²) in [5.41, 5.74) is 1.08. The van der Waals surface area contributed by atoms with Crippen molar-refractivity contribution in [2.75, 3.05) is 0 Å². The van der Waals surface area contributed by atoms with E-state index in [1.165, 1.54) is 0 Å². The highest BCUT2D eigenvalue weighted by Gasteiger charge is 2.29. The first-order valence-electron chi connectivity index (χ1n) is 7.76. The van der Waals surface area contributed by atoms with Crippen molar-refractivity contribution in [3.8, 4) is 0 Å². The quantitative estimate of drug-likeness (QED) is 0.809. The van der Waals surface area contributed by atoms with Crippen molar-refractivity contribution in [1.29, 1.82) is 0 Å². The standard InChI is InChI=1S/C17H23NO4/c1-12-7-9-15(22-12)17(21)18-14(8-10-16(19)20)11-13-5-3-2-4-6-13/h2-6,12,14-15H,7-11H2,1H3,(H,18,21)(H,19,20). The molecule has 5 heteroatoms. The van der Waals surface area contributed by atoms with E-state index < -0.39 is 12.1 Å². The van der Waals surface area contributed by atoms with Crippen LogP contribution in [0.2, 0.25) is 0 Å². The van der Waals surface area contributed by atoms with Gasteiger partial charge in [-0.05, 0) is 38.2 Å². The minimum absolute atomic E-state index is 0.0414. The van der Waals surface area contributed by atoms with Crippen LogP contribution in [-0.2, 0) is 20.7 Å². The Morgan fingerprint density at radius 3 is 2.64 bits per heavy atom. The first-order valence-corrected chi connectivity index (χ1v) is 7.76. The number of rotatable bonds is 7. The van der Waals surface area contributed by atoms with Crippen LogP contribution < -0.4 is 5.32 Å². The molecule has 1 aromatic rings. The number of aliphatic carboxylic acids is 1. The molecular weight excluding hydrogens is 282 g/mol. The number of amides is 1. The fourth-order valence-corrected chi connectivity index (χ4v) is 2.71. The number of carboxylic acid groups (broad SMARTS) is 1. The van der Waals surface area contributed by atoms with Gasteiger partial charge in [-0.25, -0.2) is 0 Å². The number of carboxylic acids is 1. The molecule has 1 heterocycles. The van der Waals surface area contributed by atoms with E-state index in [4.69, 9.17) is 9.84 Å². The molecule has 120 valence electrons. The summed E-state index contributed by atoms with van der Waals surface area (Å²) in [7, 11) is 0. The number of nitrogens with one attached hydrogen (secondary N) is 1. The zero-order valence-electron chi connectivity index (χ0n) is 12.8. The van der Waals surface area contributed by atoms with Crippen LogP contribution in [0.5, 0.6) is 0 Å². The number of carbonyl (C=O) groups excluding carboxylic acids is 1. The summed E-state index contributed by atoms with van der Waals surface area (Å²) in [5.74, 6) is -0.978. The van der Waals surface area contributed by atoms with Crippen LogP contribution >= 0.6 is 0 Å². The maximum Gasteiger partial charge on any atom is 0.303 e. The molecule has 1 fully saturated rings. The SMILES string of the molecule is CC1CCC(C(=O)NC(CCC(=O)O)Cc2ccccc2)O1. The summed E-state index contributed by atoms with van der Waals surface area (Å²) in [6.07, 6.45) is 2.40. The summed E-state index contributed by atoms with van der Waals surface area (Å²) >= 11 is 0. The zero-order valence-corrected chi connectivity index (χ0v) is 12.8. The second kappa shape index (κ2) is 7.94. The molecule has 1 amide bonds. The average Bonchev–Trinajstić information content (AvgIpc) is 2.92. The third kappa shape index (κ3) is 5.15. The zero-order chi connectivity index (χ0) is 15.9. The monoisotopic (exact) mass is 305 g/mol. The Labute approximate surface area is 130 Å². The van der Waals surface area contributed by atoms with Crippen LogP contribution in [0, 0.1) is 0 Å². The largest absolute Gasteiger partial charge is 0.481 e. The molecule has 0 aromatic heterocycles. The smallest absolute Gasteiger partial charge is 0.303 e. The maximum absolute atomic E-state index is 12.3. The van der Waals surface area contributed by atoms with Gasteiger partial charge < -0.3 is 15.2 Å². The van der Waals surface area contributed by atoms with Gasteiger partial charge in [0.1, 0.15) is 6.10 Å². The van der Waals surface area contributed by atoms with E-state index in [1.54, 1.807) is 0 Å². The first-order chi connectivity index (χ1) is 10.5. The Hall–Kier alpha value is -1.88. The third-order valence-electron chi connectivity index (χ3n) is 3.90. The Morgan fingerprint density at radius 1 is 1.32 bits per heavy atom. The van der Waals surface area contributed by atoms with E-state index >= 15 is 0 Å². The molecular formula is C17H23NO4. The molecule has 0 radical (unpaired) electrons. The number of hydrogen-bond acceptors (Lipinski definition) is 3. The topological polar surface area (TPSA) is 75.6 Å². The molecule has 1 aromatic carbocycles. The van der Waals surface area contributed by atoms with Gasteiger partial charge in [0.15, 0.2) is 0 Å². The van der Waals surface area contributed by atoms with Gasteiger partial charge in [0.05, 0.1) is 6.10 Å². The van der Waals surface area contributed by atoms with Crippen molar-refractivity contribution in [2.24, 2.45) is 0 Å². The summed E-state index contributed by atoms with van der Waals surface area (Å²) < 4.78 is 5.57. The molecule has 0 aliphatic carbocycles. The molecule has 3 atom stereocenters. The predicted molar refractivity (Wildman–Crippen MR) is 82.5 cm³/mol. The summed E-state index contributed by atoms with van der Waals surface area (Å²) in [6.45, 7) is 1.96. The number of carbonyl (C=O) groups is 2. The highest BCUT2D eigenvalue weighted by atomic mass is 16.5. The Morgan fingerprint density at radius 2 is 2.05 bits per heavy atom. The number of benzene rings is 1. The molecule has 0 bridgehead atoms. The summed E-state index contributed by atoms with van der Waals surface area (Å²) in [5, 5.41) is 11.8. The van der Waals surface area contributed by atoms with E-state index in [-0.39, 0.29) is 24.5 Å². The number of hydrogen-bond donors (Lipinski definition) is 2. The lowest BCUT2D eigenvalue weighted by Gasteiger charge is -2.20. The fourth-order valence-electron chi connectivity index (χ4n) is 2.71. The van der Waals surface area contributed by atoms with Gasteiger partial charge in [-0.15, -0.1) is 0 Å². The lowest BCUT2D eigenvalue weighted by Crippen LogP contribution is -2.42. The molecule has 2 rings (SSSR count). The second-order valence-corrected chi connectivity index (χ2v) is 5.84. The maximum atomic E-state index is 12.3. The summed E-state index contributed by atoms with van der Waals surface area (Å²) in [4.78, 5) is 23.1. The molecule has 22 heavy (non-hydrogen) atoms. The Bertz CT molecular complexity index is 503. The van der Waals surface area contributed by atoms with Gasteiger partial charge in [-0.3, -0.25) is 9.59 Å². The van der Waals surface area contributed by atoms with Gasteiger partial charge in [0, 0.05) is 12.5 Å². The van der Waals surface area contributed by atoms with Crippen molar-refractivity contribution >= 4 is 11.9 Å². The highest BCUT2D eigenvalue weighted by Crippen LogP contribution is 2.19. The van der Waals surface area contributed by atoms with Crippen LogP contribution in [0.3, 0.4) is 0 Å². The Kier molecular flexibility index (Phi) is 5.95. The fraction of sp³-hybridized carbons (Fsp3) is 0.529. The molecule has 1 saturated heterocycles. The van der Waals surface area contributed by atoms with Gasteiger partial charge in [0.25, 0.3) is 0 Å². The molecule has 0 saturated carbocycles. The molecule has 2 N–H and O–H groups in total. The normalized spacial score (nSPS) is 22.2. The molecule has 1 aliphatic rings. The third-order valence-corrected chi connectivity index (χ3v) is 3.90. The van der Waals surface area contributed by atoms with Crippen molar-refractivity contribution in [3.63, 3.8) is 0 Å². The van der Waals surface area contributed by atoms with Gasteiger partial charge in [-0.1, -0.05) is 30.3 Å². The van der Waals surface area contributed by atoms with Crippen LogP contribution in [0.4, 0.5) is 0 Å². The van der Waals surface area contributed by atoms with Crippen molar-refractivity contribution in [3.05, 3.63) is 35.9 Å². The van der Waals surface area contributed by atoms with Crippen LogP contribution in [0.1, 0.15) is 38.2 Å². The lowest BCUT2D eigenvalue weighted by molar-refractivity contribution is -0.138. The number of ether oxygens (including phenoxy) is 1. The van der Waals surface area contributed by atoms with Crippen molar-refractivity contribution in [1.82, 2.24) is 5.32 Å². The molecule has 5 nitrogen and oxygen atoms in total. The molecule has 0 spiro atoms. The minimum Gasteiger partial charge on any atom is -0.481 e. The van der Waals surface area contributed by atoms with E-state index in [1.807, 2.05) is 37.3 Å². The van der Waals surface area contributed by atoms with Crippen LogP contribution in [-0.4, -0.2) is 35.2 Å². The minimum atomic E-state index is -0.849. The van der Waals surface area contributed by atoms with Gasteiger partial charge >= 0.3 is 5.97 Å². The average molecular weight is 305 g/mol.